The number of rotatable bonds is 5. The lowest BCUT2D eigenvalue weighted by Gasteiger charge is -2.11. The third-order valence-electron chi connectivity index (χ3n) is 3.37. The maximum Gasteiger partial charge on any atom is 0.339 e. The van der Waals surface area contributed by atoms with Gasteiger partial charge in [0, 0.05) is 6.20 Å². The van der Waals surface area contributed by atoms with Crippen LogP contribution >= 0.6 is 0 Å². The Morgan fingerprint density at radius 3 is 2.48 bits per heavy atom. The summed E-state index contributed by atoms with van der Waals surface area (Å²) in [5.41, 5.74) is 1.20. The van der Waals surface area contributed by atoms with Gasteiger partial charge in [-0.2, -0.15) is 4.98 Å². The van der Waals surface area contributed by atoms with Crippen LogP contribution in [0.3, 0.4) is 0 Å². The zero-order valence-electron chi connectivity index (χ0n) is 13.4. The zero-order chi connectivity index (χ0) is 17.6. The summed E-state index contributed by atoms with van der Waals surface area (Å²) in [7, 11) is 1.32. The van der Waals surface area contributed by atoms with Crippen molar-refractivity contribution < 1.29 is 13.9 Å². The van der Waals surface area contributed by atoms with Crippen molar-refractivity contribution in [3.05, 3.63) is 72.2 Å². The van der Waals surface area contributed by atoms with Gasteiger partial charge in [0.2, 0.25) is 5.95 Å². The van der Waals surface area contributed by atoms with Crippen LogP contribution in [0.4, 0.5) is 27.5 Å². The van der Waals surface area contributed by atoms with Crippen molar-refractivity contribution in [2.24, 2.45) is 0 Å². The largest absolute Gasteiger partial charge is 0.465 e. The number of nitrogens with one attached hydrogen (secondary N) is 2. The van der Waals surface area contributed by atoms with Crippen LogP contribution in [0.25, 0.3) is 0 Å². The van der Waals surface area contributed by atoms with Gasteiger partial charge in [0.1, 0.15) is 11.6 Å². The third-order valence-corrected chi connectivity index (χ3v) is 3.37. The van der Waals surface area contributed by atoms with E-state index in [1.807, 2.05) is 0 Å². The Morgan fingerprint density at radius 2 is 1.72 bits per heavy atom. The van der Waals surface area contributed by atoms with Crippen LogP contribution in [0.5, 0.6) is 0 Å². The second-order valence-electron chi connectivity index (χ2n) is 5.03. The predicted octanol–water partition coefficient (Wildman–Crippen LogP) is 3.89. The number of methoxy groups -OCH3 is 1. The molecule has 2 N–H and O–H groups in total. The quantitative estimate of drug-likeness (QED) is 0.687. The van der Waals surface area contributed by atoms with Crippen molar-refractivity contribution in [2.45, 2.75) is 0 Å². The highest BCUT2D eigenvalue weighted by molar-refractivity contribution is 5.96. The first-order valence-electron chi connectivity index (χ1n) is 7.46. The fourth-order valence-electron chi connectivity index (χ4n) is 2.19. The lowest BCUT2D eigenvalue weighted by atomic mass is 10.2. The third kappa shape index (κ3) is 3.89. The number of ether oxygens (including phenoxy) is 1. The second-order valence-corrected chi connectivity index (χ2v) is 5.03. The average molecular weight is 338 g/mol. The van der Waals surface area contributed by atoms with E-state index in [0.29, 0.717) is 17.1 Å². The Kier molecular flexibility index (Phi) is 4.84. The van der Waals surface area contributed by atoms with Crippen LogP contribution < -0.4 is 10.6 Å². The first kappa shape index (κ1) is 16.4. The molecule has 0 unspecified atom stereocenters. The Hall–Kier alpha value is -3.48. The van der Waals surface area contributed by atoms with Gasteiger partial charge in [-0.3, -0.25) is 0 Å². The molecular weight excluding hydrogens is 323 g/mol. The highest BCUT2D eigenvalue weighted by Gasteiger charge is 2.12. The number of benzene rings is 2. The maximum absolute atomic E-state index is 13.7. The molecule has 0 aliphatic heterocycles. The van der Waals surface area contributed by atoms with Crippen LogP contribution in [-0.2, 0) is 4.74 Å². The van der Waals surface area contributed by atoms with E-state index in [2.05, 4.69) is 20.6 Å². The number of nitrogens with zero attached hydrogens (tertiary/aromatic N) is 2. The molecule has 0 aliphatic carbocycles. The van der Waals surface area contributed by atoms with Gasteiger partial charge in [0.05, 0.1) is 24.0 Å². The van der Waals surface area contributed by atoms with Crippen LogP contribution in [0.15, 0.2) is 60.8 Å². The standard InChI is InChI=1S/C18H15FN4O2/c1-25-17(24)12-6-2-4-8-14(12)21-16-10-11-20-18(23-16)22-15-9-5-3-7-13(15)19/h2-11H,1H3,(H2,20,21,22,23). The minimum atomic E-state index is -0.457. The van der Waals surface area contributed by atoms with Gasteiger partial charge in [-0.05, 0) is 30.3 Å². The zero-order valence-corrected chi connectivity index (χ0v) is 13.4. The molecule has 7 heteroatoms. The van der Waals surface area contributed by atoms with Crippen LogP contribution in [0.1, 0.15) is 10.4 Å². The molecule has 0 radical (unpaired) electrons. The molecule has 0 amide bonds. The Morgan fingerprint density at radius 1 is 1.00 bits per heavy atom. The molecular formula is C18H15FN4O2. The number of hydrogen-bond donors (Lipinski definition) is 2. The van der Waals surface area contributed by atoms with E-state index in [9.17, 15) is 9.18 Å². The first-order valence-corrected chi connectivity index (χ1v) is 7.46. The lowest BCUT2D eigenvalue weighted by molar-refractivity contribution is 0.0602. The molecule has 25 heavy (non-hydrogen) atoms. The minimum absolute atomic E-state index is 0.227. The maximum atomic E-state index is 13.7. The molecule has 0 saturated carbocycles. The number of carbonyl (C=O) groups excluding carboxylic acids is 1. The van der Waals surface area contributed by atoms with Gasteiger partial charge in [0.25, 0.3) is 0 Å². The topological polar surface area (TPSA) is 76.1 Å². The van der Waals surface area contributed by atoms with Crippen molar-refractivity contribution in [1.82, 2.24) is 9.97 Å². The summed E-state index contributed by atoms with van der Waals surface area (Å²) >= 11 is 0. The number of aromatic nitrogens is 2. The molecule has 6 nitrogen and oxygen atoms in total. The summed E-state index contributed by atoms with van der Waals surface area (Å²) in [6.45, 7) is 0. The Bertz CT molecular complexity index is 902. The normalized spacial score (nSPS) is 10.2. The Balaban J connectivity index is 1.84. The number of anilines is 4. The molecule has 1 heterocycles. The van der Waals surface area contributed by atoms with Crippen LogP contribution in [-0.4, -0.2) is 23.0 Å². The van der Waals surface area contributed by atoms with Gasteiger partial charge in [0.15, 0.2) is 0 Å². The molecule has 3 aromatic rings. The van der Waals surface area contributed by atoms with E-state index < -0.39 is 11.8 Å². The monoisotopic (exact) mass is 338 g/mol. The molecule has 3 rings (SSSR count). The molecule has 0 bridgehead atoms. The SMILES string of the molecule is COC(=O)c1ccccc1Nc1ccnc(Nc2ccccc2F)n1. The molecule has 0 spiro atoms. The van der Waals surface area contributed by atoms with E-state index in [1.54, 1.807) is 48.5 Å². The highest BCUT2D eigenvalue weighted by atomic mass is 19.1. The van der Waals surface area contributed by atoms with E-state index in [-0.39, 0.29) is 11.6 Å². The number of para-hydroxylation sites is 2. The van der Waals surface area contributed by atoms with E-state index in [1.165, 1.54) is 19.4 Å². The van der Waals surface area contributed by atoms with E-state index in [4.69, 9.17) is 4.74 Å². The number of hydrogen-bond acceptors (Lipinski definition) is 6. The predicted molar refractivity (Wildman–Crippen MR) is 92.8 cm³/mol. The van der Waals surface area contributed by atoms with Gasteiger partial charge in [-0.25, -0.2) is 14.2 Å². The summed E-state index contributed by atoms with van der Waals surface area (Å²) in [6, 6.07) is 14.8. The molecule has 0 fully saturated rings. The van der Waals surface area contributed by atoms with Gasteiger partial charge in [-0.15, -0.1) is 0 Å². The number of halogens is 1. The van der Waals surface area contributed by atoms with E-state index in [0.717, 1.165) is 0 Å². The smallest absolute Gasteiger partial charge is 0.339 e. The summed E-state index contributed by atoms with van der Waals surface area (Å²) in [5.74, 6) is -0.182. The van der Waals surface area contributed by atoms with Gasteiger partial charge in [-0.1, -0.05) is 24.3 Å². The molecule has 2 aromatic carbocycles. The van der Waals surface area contributed by atoms with Crippen molar-refractivity contribution in [3.63, 3.8) is 0 Å². The summed E-state index contributed by atoms with van der Waals surface area (Å²) in [6.07, 6.45) is 1.53. The number of esters is 1. The molecule has 0 atom stereocenters. The number of carbonyl (C=O) groups is 1. The van der Waals surface area contributed by atoms with Gasteiger partial charge >= 0.3 is 5.97 Å². The summed E-state index contributed by atoms with van der Waals surface area (Å²) in [4.78, 5) is 20.2. The van der Waals surface area contributed by atoms with Crippen molar-refractivity contribution in [1.29, 1.82) is 0 Å². The van der Waals surface area contributed by atoms with E-state index >= 15 is 0 Å². The fraction of sp³-hybridized carbons (Fsp3) is 0.0556. The molecule has 0 saturated heterocycles. The molecule has 1 aromatic heterocycles. The molecule has 0 aliphatic rings. The van der Waals surface area contributed by atoms with Crippen LogP contribution in [0, 0.1) is 5.82 Å². The van der Waals surface area contributed by atoms with Gasteiger partial charge < -0.3 is 15.4 Å². The van der Waals surface area contributed by atoms with Crippen LogP contribution in [0.2, 0.25) is 0 Å². The first-order chi connectivity index (χ1) is 12.2. The molecule has 126 valence electrons. The van der Waals surface area contributed by atoms with Crippen molar-refractivity contribution in [2.75, 3.05) is 17.7 Å². The summed E-state index contributed by atoms with van der Waals surface area (Å²) < 4.78 is 18.5. The summed E-state index contributed by atoms with van der Waals surface area (Å²) in [5, 5.41) is 5.86. The Labute approximate surface area is 143 Å². The second kappa shape index (κ2) is 7.39. The average Bonchev–Trinajstić information content (AvgIpc) is 2.64. The highest BCUT2D eigenvalue weighted by Crippen LogP contribution is 2.22. The van der Waals surface area contributed by atoms with Crippen molar-refractivity contribution >= 4 is 29.1 Å². The fourth-order valence-corrected chi connectivity index (χ4v) is 2.19. The van der Waals surface area contributed by atoms with Crippen molar-refractivity contribution in [3.8, 4) is 0 Å². The lowest BCUT2D eigenvalue weighted by Crippen LogP contribution is -2.07. The minimum Gasteiger partial charge on any atom is -0.465 e.